The van der Waals surface area contributed by atoms with Crippen molar-refractivity contribution in [3.05, 3.63) is 59.7 Å². The summed E-state index contributed by atoms with van der Waals surface area (Å²) in [4.78, 5) is 30.3. The minimum atomic E-state index is -1.94. The van der Waals surface area contributed by atoms with Crippen molar-refractivity contribution in [1.82, 2.24) is 0 Å². The number of anilines is 1. The average Bonchev–Trinajstić information content (AvgIpc) is 3.02. The van der Waals surface area contributed by atoms with E-state index in [2.05, 4.69) is 4.99 Å². The van der Waals surface area contributed by atoms with Gasteiger partial charge in [0.15, 0.2) is 0 Å². The van der Waals surface area contributed by atoms with Crippen LogP contribution in [0, 0.1) is 0 Å². The Morgan fingerprint density at radius 3 is 2.62 bits per heavy atom. The molecule has 0 aliphatic carbocycles. The Morgan fingerprint density at radius 2 is 1.83 bits per heavy atom. The van der Waals surface area contributed by atoms with Gasteiger partial charge in [-0.25, -0.2) is 4.99 Å². The van der Waals surface area contributed by atoms with Crippen LogP contribution >= 0.6 is 0 Å². The monoisotopic (exact) mass is 322 g/mol. The summed E-state index contributed by atoms with van der Waals surface area (Å²) in [5.74, 6) is -1.47. The lowest BCUT2D eigenvalue weighted by Crippen LogP contribution is -2.53. The van der Waals surface area contributed by atoms with Gasteiger partial charge in [-0.15, -0.1) is 0 Å². The molecule has 4 rings (SSSR count). The maximum Gasteiger partial charge on any atom is 0.302 e. The zero-order valence-corrected chi connectivity index (χ0v) is 12.9. The molecule has 6 nitrogen and oxygen atoms in total. The molecule has 2 aliphatic rings. The van der Waals surface area contributed by atoms with Crippen molar-refractivity contribution in [1.29, 1.82) is 0 Å². The first kappa shape index (κ1) is 14.6. The number of aliphatic hydroxyl groups is 1. The van der Waals surface area contributed by atoms with E-state index in [0.29, 0.717) is 16.9 Å². The fraction of sp³-hybridized carbons (Fsp3) is 0.167. The number of rotatable bonds is 2. The van der Waals surface area contributed by atoms with Crippen molar-refractivity contribution in [3.8, 4) is 0 Å². The maximum absolute atomic E-state index is 12.6. The fourth-order valence-electron chi connectivity index (χ4n) is 3.16. The third-order valence-corrected chi connectivity index (χ3v) is 4.19. The van der Waals surface area contributed by atoms with Crippen molar-refractivity contribution in [3.63, 3.8) is 0 Å². The van der Waals surface area contributed by atoms with E-state index in [1.165, 1.54) is 0 Å². The molecule has 120 valence electrons. The van der Waals surface area contributed by atoms with Crippen LogP contribution < -0.4 is 4.90 Å². The van der Waals surface area contributed by atoms with Crippen LogP contribution in [0.1, 0.15) is 22.8 Å². The van der Waals surface area contributed by atoms with Crippen LogP contribution in [0.3, 0.4) is 0 Å². The van der Waals surface area contributed by atoms with E-state index in [4.69, 9.17) is 4.74 Å². The van der Waals surface area contributed by atoms with Gasteiger partial charge in [0.25, 0.3) is 11.5 Å². The van der Waals surface area contributed by atoms with Gasteiger partial charge in [0, 0.05) is 5.56 Å². The molecule has 0 saturated heterocycles. The van der Waals surface area contributed by atoms with E-state index in [1.54, 1.807) is 55.5 Å². The zero-order chi connectivity index (χ0) is 16.9. The Kier molecular flexibility index (Phi) is 3.04. The van der Waals surface area contributed by atoms with Crippen LogP contribution in [-0.2, 0) is 15.3 Å². The SMILES string of the molecule is CCOC1=Nc2ccccc2C1(O)N1C(=O)C(=O)c2ccccc21. The van der Waals surface area contributed by atoms with Crippen molar-refractivity contribution in [2.24, 2.45) is 4.99 Å². The molecule has 2 aliphatic heterocycles. The number of ether oxygens (including phenoxy) is 1. The molecule has 0 radical (unpaired) electrons. The van der Waals surface area contributed by atoms with Crippen LogP contribution in [-0.4, -0.2) is 29.3 Å². The van der Waals surface area contributed by atoms with E-state index in [-0.39, 0.29) is 18.1 Å². The summed E-state index contributed by atoms with van der Waals surface area (Å²) < 4.78 is 5.51. The predicted molar refractivity (Wildman–Crippen MR) is 87.3 cm³/mol. The molecule has 1 N–H and O–H groups in total. The molecule has 24 heavy (non-hydrogen) atoms. The Balaban J connectivity index is 1.96. The van der Waals surface area contributed by atoms with E-state index in [9.17, 15) is 14.7 Å². The lowest BCUT2D eigenvalue weighted by atomic mass is 10.0. The first-order chi connectivity index (χ1) is 11.6. The Morgan fingerprint density at radius 1 is 1.12 bits per heavy atom. The number of ketones is 1. The van der Waals surface area contributed by atoms with Gasteiger partial charge in [-0.1, -0.05) is 30.3 Å². The van der Waals surface area contributed by atoms with Gasteiger partial charge in [-0.05, 0) is 25.1 Å². The number of fused-ring (bicyclic) bond motifs is 2. The number of aliphatic imine (C=N–C) groups is 1. The summed E-state index contributed by atoms with van der Waals surface area (Å²) in [6.07, 6.45) is 0. The summed E-state index contributed by atoms with van der Waals surface area (Å²) in [6.45, 7) is 2.03. The summed E-state index contributed by atoms with van der Waals surface area (Å²) in [5.41, 5.74) is -0.416. The van der Waals surface area contributed by atoms with E-state index >= 15 is 0 Å². The Bertz CT molecular complexity index is 905. The number of carbonyl (C=O) groups is 2. The number of carbonyl (C=O) groups excluding carboxylic acids is 2. The quantitative estimate of drug-likeness (QED) is 0.859. The minimum Gasteiger partial charge on any atom is -0.477 e. The Hall–Kier alpha value is -2.99. The normalized spacial score (nSPS) is 21.6. The molecule has 1 atom stereocenters. The number of hydrogen-bond acceptors (Lipinski definition) is 5. The molecule has 0 fully saturated rings. The molecule has 0 bridgehead atoms. The second kappa shape index (κ2) is 5.01. The van der Waals surface area contributed by atoms with Gasteiger partial charge in [0.05, 0.1) is 23.5 Å². The van der Waals surface area contributed by atoms with Gasteiger partial charge < -0.3 is 9.84 Å². The average molecular weight is 322 g/mol. The second-order valence-electron chi connectivity index (χ2n) is 5.53. The molecule has 2 heterocycles. The number of nitrogens with zero attached hydrogens (tertiary/aromatic N) is 2. The molecule has 0 saturated carbocycles. The standard InChI is InChI=1S/C18H14N2O4/c1-2-24-17-18(23,12-8-4-5-9-13(12)19-17)20-14-10-6-3-7-11(14)15(21)16(20)22/h3-10,23H,2H2,1H3. The van der Waals surface area contributed by atoms with Crippen LogP contribution in [0.2, 0.25) is 0 Å². The van der Waals surface area contributed by atoms with Crippen LogP contribution in [0.15, 0.2) is 53.5 Å². The highest BCUT2D eigenvalue weighted by molar-refractivity contribution is 6.53. The molecular formula is C18H14N2O4. The van der Waals surface area contributed by atoms with Crippen LogP contribution in [0.25, 0.3) is 0 Å². The van der Waals surface area contributed by atoms with Gasteiger partial charge in [0.2, 0.25) is 5.90 Å². The molecule has 0 aromatic heterocycles. The minimum absolute atomic E-state index is 0.0101. The molecule has 2 aromatic rings. The Labute approximate surface area is 138 Å². The van der Waals surface area contributed by atoms with Crippen molar-refractivity contribution in [2.75, 3.05) is 11.5 Å². The summed E-state index contributed by atoms with van der Waals surface area (Å²) in [7, 11) is 0. The van der Waals surface area contributed by atoms with E-state index < -0.39 is 17.4 Å². The third kappa shape index (κ3) is 1.71. The maximum atomic E-state index is 12.6. The molecule has 0 spiro atoms. The van der Waals surface area contributed by atoms with Crippen molar-refractivity contribution < 1.29 is 19.4 Å². The second-order valence-corrected chi connectivity index (χ2v) is 5.53. The summed E-state index contributed by atoms with van der Waals surface area (Å²) in [5, 5.41) is 11.5. The topological polar surface area (TPSA) is 79.2 Å². The summed E-state index contributed by atoms with van der Waals surface area (Å²) in [6, 6.07) is 13.5. The highest BCUT2D eigenvalue weighted by Gasteiger charge is 2.56. The molecule has 2 aromatic carbocycles. The van der Waals surface area contributed by atoms with Crippen LogP contribution in [0.4, 0.5) is 11.4 Å². The zero-order valence-electron chi connectivity index (χ0n) is 12.9. The first-order valence-electron chi connectivity index (χ1n) is 7.60. The lowest BCUT2D eigenvalue weighted by Gasteiger charge is -2.34. The fourth-order valence-corrected chi connectivity index (χ4v) is 3.16. The molecule has 6 heteroatoms. The highest BCUT2D eigenvalue weighted by Crippen LogP contribution is 2.46. The predicted octanol–water partition coefficient (Wildman–Crippen LogP) is 2.14. The largest absolute Gasteiger partial charge is 0.477 e. The summed E-state index contributed by atoms with van der Waals surface area (Å²) >= 11 is 0. The van der Waals surface area contributed by atoms with Gasteiger partial charge in [-0.2, -0.15) is 0 Å². The highest BCUT2D eigenvalue weighted by atomic mass is 16.5. The number of para-hydroxylation sites is 2. The van der Waals surface area contributed by atoms with Crippen LogP contribution in [0.5, 0.6) is 0 Å². The van der Waals surface area contributed by atoms with Gasteiger partial charge >= 0.3 is 5.91 Å². The number of amides is 1. The molecular weight excluding hydrogens is 308 g/mol. The third-order valence-electron chi connectivity index (χ3n) is 4.19. The van der Waals surface area contributed by atoms with E-state index in [1.807, 2.05) is 0 Å². The van der Waals surface area contributed by atoms with Gasteiger partial charge in [0.1, 0.15) is 0 Å². The molecule has 1 unspecified atom stereocenters. The first-order valence-corrected chi connectivity index (χ1v) is 7.60. The number of hydrogen-bond donors (Lipinski definition) is 1. The smallest absolute Gasteiger partial charge is 0.302 e. The van der Waals surface area contributed by atoms with Gasteiger partial charge in [-0.3, -0.25) is 14.5 Å². The van der Waals surface area contributed by atoms with Crippen molar-refractivity contribution in [2.45, 2.75) is 12.6 Å². The van der Waals surface area contributed by atoms with E-state index in [0.717, 1.165) is 4.90 Å². The lowest BCUT2D eigenvalue weighted by molar-refractivity contribution is -0.117. The number of benzene rings is 2. The van der Waals surface area contributed by atoms with Crippen molar-refractivity contribution >= 4 is 29.0 Å². The molecule has 1 amide bonds. The number of Topliss-reactive ketones (excluding diaryl/α,β-unsaturated/α-hetero) is 1.